The molecule has 1 aromatic heterocycles. The molecule has 0 amide bonds. The summed E-state index contributed by atoms with van der Waals surface area (Å²) in [6.07, 6.45) is 4.50. The van der Waals surface area contributed by atoms with Crippen LogP contribution >= 0.6 is 11.3 Å². The topological polar surface area (TPSA) is 32.3 Å². The summed E-state index contributed by atoms with van der Waals surface area (Å²) in [6, 6.07) is 4.52. The maximum atomic E-state index is 9.93. The summed E-state index contributed by atoms with van der Waals surface area (Å²) >= 11 is 1.62. The van der Waals surface area contributed by atoms with E-state index in [4.69, 9.17) is 0 Å². The fourth-order valence-electron chi connectivity index (χ4n) is 1.76. The summed E-state index contributed by atoms with van der Waals surface area (Å²) in [4.78, 5) is 1.05. The van der Waals surface area contributed by atoms with Gasteiger partial charge in [-0.3, -0.25) is 0 Å². The van der Waals surface area contributed by atoms with Gasteiger partial charge < -0.3 is 10.4 Å². The number of thiophene rings is 1. The number of hydrogen-bond acceptors (Lipinski definition) is 3. The molecule has 2 unspecified atom stereocenters. The fraction of sp³-hybridized carbons (Fsp3) is 0.692. The van der Waals surface area contributed by atoms with Gasteiger partial charge in [0.25, 0.3) is 0 Å². The predicted octanol–water partition coefficient (Wildman–Crippen LogP) is 3.34. The third-order valence-electron chi connectivity index (χ3n) is 2.87. The largest absolute Gasteiger partial charge is 0.386 e. The molecule has 1 rings (SSSR count). The summed E-state index contributed by atoms with van der Waals surface area (Å²) in [5.41, 5.74) is 0. The highest BCUT2D eigenvalue weighted by molar-refractivity contribution is 7.10. The Bertz CT molecular complexity index is 261. The molecular formula is C13H23NOS. The molecule has 1 aromatic rings. The molecule has 0 saturated carbocycles. The van der Waals surface area contributed by atoms with Crippen molar-refractivity contribution in [2.24, 2.45) is 0 Å². The SMILES string of the molecule is CCCCC(CC)NCC(O)c1cccs1. The molecule has 0 bridgehead atoms. The second kappa shape index (κ2) is 7.82. The van der Waals surface area contributed by atoms with Crippen molar-refractivity contribution in [1.29, 1.82) is 0 Å². The van der Waals surface area contributed by atoms with E-state index in [1.54, 1.807) is 11.3 Å². The van der Waals surface area contributed by atoms with Crippen LogP contribution in [0.25, 0.3) is 0 Å². The average molecular weight is 241 g/mol. The van der Waals surface area contributed by atoms with Gasteiger partial charge in [0.1, 0.15) is 6.10 Å². The second-order valence-corrected chi connectivity index (χ2v) is 5.17. The van der Waals surface area contributed by atoms with Crippen molar-refractivity contribution in [2.45, 2.75) is 51.7 Å². The van der Waals surface area contributed by atoms with Gasteiger partial charge in [0.2, 0.25) is 0 Å². The minimum atomic E-state index is -0.351. The van der Waals surface area contributed by atoms with Crippen LogP contribution in [0.15, 0.2) is 17.5 Å². The van der Waals surface area contributed by atoms with Gasteiger partial charge in [-0.25, -0.2) is 0 Å². The first-order valence-corrected chi connectivity index (χ1v) is 7.10. The van der Waals surface area contributed by atoms with Crippen molar-refractivity contribution in [2.75, 3.05) is 6.54 Å². The van der Waals surface area contributed by atoms with Crippen molar-refractivity contribution in [3.63, 3.8) is 0 Å². The van der Waals surface area contributed by atoms with Gasteiger partial charge in [-0.2, -0.15) is 0 Å². The Kier molecular flexibility index (Phi) is 6.69. The maximum Gasteiger partial charge on any atom is 0.101 e. The normalized spacial score (nSPS) is 14.9. The van der Waals surface area contributed by atoms with E-state index >= 15 is 0 Å². The molecule has 0 aliphatic rings. The van der Waals surface area contributed by atoms with Crippen LogP contribution in [0.3, 0.4) is 0 Å². The molecule has 1 heterocycles. The maximum absolute atomic E-state index is 9.93. The molecule has 0 aliphatic carbocycles. The Morgan fingerprint density at radius 3 is 2.81 bits per heavy atom. The van der Waals surface area contributed by atoms with Crippen LogP contribution < -0.4 is 5.32 Å². The van der Waals surface area contributed by atoms with Gasteiger partial charge in [-0.05, 0) is 24.3 Å². The lowest BCUT2D eigenvalue weighted by Gasteiger charge is -2.18. The molecular weight excluding hydrogens is 218 g/mol. The molecule has 0 radical (unpaired) electrons. The zero-order chi connectivity index (χ0) is 11.8. The van der Waals surface area contributed by atoms with E-state index in [0.717, 1.165) is 11.3 Å². The molecule has 92 valence electrons. The van der Waals surface area contributed by atoms with Crippen LogP contribution in [0, 0.1) is 0 Å². The number of nitrogens with one attached hydrogen (secondary N) is 1. The molecule has 0 aromatic carbocycles. The van der Waals surface area contributed by atoms with Crippen LogP contribution in [0.4, 0.5) is 0 Å². The van der Waals surface area contributed by atoms with Crippen molar-refractivity contribution < 1.29 is 5.11 Å². The van der Waals surface area contributed by atoms with Crippen molar-refractivity contribution in [1.82, 2.24) is 5.32 Å². The van der Waals surface area contributed by atoms with Gasteiger partial charge in [-0.15, -0.1) is 11.3 Å². The highest BCUT2D eigenvalue weighted by atomic mass is 32.1. The molecule has 3 heteroatoms. The van der Waals surface area contributed by atoms with Crippen molar-refractivity contribution in [3.05, 3.63) is 22.4 Å². The molecule has 0 fully saturated rings. The Balaban J connectivity index is 2.26. The number of aliphatic hydroxyl groups is 1. The smallest absolute Gasteiger partial charge is 0.101 e. The van der Waals surface area contributed by atoms with Gasteiger partial charge in [0.15, 0.2) is 0 Å². The fourth-order valence-corrected chi connectivity index (χ4v) is 2.47. The standard InChI is InChI=1S/C13H23NOS/c1-3-5-7-11(4-2)14-10-12(15)13-8-6-9-16-13/h6,8-9,11-12,14-15H,3-5,7,10H2,1-2H3. The first-order chi connectivity index (χ1) is 7.77. The van der Waals surface area contributed by atoms with Crippen LogP contribution in [-0.4, -0.2) is 17.7 Å². The first-order valence-electron chi connectivity index (χ1n) is 6.22. The van der Waals surface area contributed by atoms with E-state index in [2.05, 4.69) is 19.2 Å². The van der Waals surface area contributed by atoms with Crippen molar-refractivity contribution in [3.8, 4) is 0 Å². The number of rotatable bonds is 8. The highest BCUT2D eigenvalue weighted by Gasteiger charge is 2.11. The van der Waals surface area contributed by atoms with Gasteiger partial charge in [0, 0.05) is 17.5 Å². The number of unbranched alkanes of at least 4 members (excludes halogenated alkanes) is 1. The average Bonchev–Trinajstić information content (AvgIpc) is 2.82. The Hall–Kier alpha value is -0.380. The van der Waals surface area contributed by atoms with E-state index in [0.29, 0.717) is 12.6 Å². The Morgan fingerprint density at radius 2 is 2.25 bits per heavy atom. The zero-order valence-electron chi connectivity index (χ0n) is 10.3. The molecule has 2 N–H and O–H groups in total. The lowest BCUT2D eigenvalue weighted by atomic mass is 10.1. The number of aliphatic hydroxyl groups excluding tert-OH is 1. The Labute approximate surface area is 103 Å². The van der Waals surface area contributed by atoms with Crippen LogP contribution in [0.1, 0.15) is 50.5 Å². The summed E-state index contributed by atoms with van der Waals surface area (Å²) in [5, 5.41) is 15.4. The summed E-state index contributed by atoms with van der Waals surface area (Å²) < 4.78 is 0. The summed E-state index contributed by atoms with van der Waals surface area (Å²) in [6.45, 7) is 5.08. The highest BCUT2D eigenvalue weighted by Crippen LogP contribution is 2.18. The molecule has 0 spiro atoms. The number of hydrogen-bond donors (Lipinski definition) is 2. The molecule has 2 atom stereocenters. The van der Waals surface area contributed by atoms with Crippen LogP contribution in [-0.2, 0) is 0 Å². The lowest BCUT2D eigenvalue weighted by molar-refractivity contribution is 0.172. The summed E-state index contributed by atoms with van der Waals surface area (Å²) in [7, 11) is 0. The second-order valence-electron chi connectivity index (χ2n) is 4.19. The first kappa shape index (κ1) is 13.7. The summed E-state index contributed by atoms with van der Waals surface area (Å²) in [5.74, 6) is 0. The molecule has 0 saturated heterocycles. The van der Waals surface area contributed by atoms with Gasteiger partial charge in [0.05, 0.1) is 0 Å². The molecule has 0 aliphatic heterocycles. The zero-order valence-corrected chi connectivity index (χ0v) is 11.1. The van der Waals surface area contributed by atoms with E-state index < -0.39 is 0 Å². The van der Waals surface area contributed by atoms with E-state index in [-0.39, 0.29) is 6.10 Å². The van der Waals surface area contributed by atoms with E-state index in [9.17, 15) is 5.11 Å². The van der Waals surface area contributed by atoms with Crippen LogP contribution in [0.2, 0.25) is 0 Å². The third-order valence-corrected chi connectivity index (χ3v) is 3.84. The Morgan fingerprint density at radius 1 is 1.44 bits per heavy atom. The lowest BCUT2D eigenvalue weighted by Crippen LogP contribution is -2.32. The monoisotopic (exact) mass is 241 g/mol. The predicted molar refractivity (Wildman–Crippen MR) is 70.9 cm³/mol. The minimum absolute atomic E-state index is 0.351. The van der Waals surface area contributed by atoms with E-state index in [1.807, 2.05) is 17.5 Å². The van der Waals surface area contributed by atoms with Crippen molar-refractivity contribution >= 4 is 11.3 Å². The molecule has 16 heavy (non-hydrogen) atoms. The molecule has 2 nitrogen and oxygen atoms in total. The van der Waals surface area contributed by atoms with Crippen LogP contribution in [0.5, 0.6) is 0 Å². The minimum Gasteiger partial charge on any atom is -0.386 e. The third kappa shape index (κ3) is 4.64. The van der Waals surface area contributed by atoms with Gasteiger partial charge >= 0.3 is 0 Å². The van der Waals surface area contributed by atoms with Gasteiger partial charge in [-0.1, -0.05) is 32.8 Å². The quantitative estimate of drug-likeness (QED) is 0.731. The van der Waals surface area contributed by atoms with E-state index in [1.165, 1.54) is 19.3 Å².